The Hall–Kier alpha value is -1.32. The molecule has 84 valence electrons. The lowest BCUT2D eigenvalue weighted by molar-refractivity contribution is 0.459. The van der Waals surface area contributed by atoms with E-state index in [2.05, 4.69) is 21.1 Å². The molecular formula is C13H7BrClNO. The Bertz CT molecular complexity index is 693. The molecule has 1 heterocycles. The van der Waals surface area contributed by atoms with E-state index in [9.17, 15) is 0 Å². The Morgan fingerprint density at radius 2 is 2.00 bits per heavy atom. The summed E-state index contributed by atoms with van der Waals surface area (Å²) >= 11 is 9.42. The predicted octanol–water partition coefficient (Wildman–Crippen LogP) is 4.91. The molecule has 0 atom stereocenters. The Kier molecular flexibility index (Phi) is 2.65. The molecule has 0 fully saturated rings. The summed E-state index contributed by atoms with van der Waals surface area (Å²) < 4.78 is 6.28. The standard InChI is InChI=1S/C13H7BrClNO/c14-9-4-5-12-11(7-9)13(16-17-12)8-2-1-3-10(15)6-8/h1-7H. The van der Waals surface area contributed by atoms with Gasteiger partial charge in [-0.15, -0.1) is 0 Å². The summed E-state index contributed by atoms with van der Waals surface area (Å²) in [6.45, 7) is 0. The van der Waals surface area contributed by atoms with E-state index >= 15 is 0 Å². The third kappa shape index (κ3) is 1.96. The summed E-state index contributed by atoms with van der Waals surface area (Å²) in [5.74, 6) is 0. The molecule has 2 nitrogen and oxygen atoms in total. The monoisotopic (exact) mass is 307 g/mol. The molecule has 17 heavy (non-hydrogen) atoms. The van der Waals surface area contributed by atoms with Crippen LogP contribution in [0.3, 0.4) is 0 Å². The number of benzene rings is 2. The first-order valence-corrected chi connectivity index (χ1v) is 6.22. The summed E-state index contributed by atoms with van der Waals surface area (Å²) in [7, 11) is 0. The van der Waals surface area contributed by atoms with Crippen molar-refractivity contribution in [2.45, 2.75) is 0 Å². The van der Waals surface area contributed by atoms with E-state index in [1.807, 2.05) is 42.5 Å². The fraction of sp³-hybridized carbons (Fsp3) is 0. The van der Waals surface area contributed by atoms with Crippen LogP contribution in [0.1, 0.15) is 0 Å². The zero-order valence-electron chi connectivity index (χ0n) is 8.65. The van der Waals surface area contributed by atoms with Crippen LogP contribution in [0.2, 0.25) is 5.02 Å². The minimum atomic E-state index is 0.689. The molecule has 2 aromatic carbocycles. The van der Waals surface area contributed by atoms with Crippen molar-refractivity contribution >= 4 is 38.5 Å². The Morgan fingerprint density at radius 3 is 2.82 bits per heavy atom. The van der Waals surface area contributed by atoms with Crippen LogP contribution in [0.25, 0.3) is 22.2 Å². The van der Waals surface area contributed by atoms with Gasteiger partial charge in [0.1, 0.15) is 5.69 Å². The van der Waals surface area contributed by atoms with Crippen LogP contribution >= 0.6 is 27.5 Å². The minimum absolute atomic E-state index is 0.689. The van der Waals surface area contributed by atoms with Crippen LogP contribution < -0.4 is 0 Å². The van der Waals surface area contributed by atoms with Gasteiger partial charge in [0.05, 0.1) is 5.39 Å². The second kappa shape index (κ2) is 4.17. The number of halogens is 2. The predicted molar refractivity (Wildman–Crippen MR) is 72.2 cm³/mol. The van der Waals surface area contributed by atoms with E-state index < -0.39 is 0 Å². The largest absolute Gasteiger partial charge is 0.356 e. The Morgan fingerprint density at radius 1 is 1.12 bits per heavy atom. The molecular weight excluding hydrogens is 302 g/mol. The van der Waals surface area contributed by atoms with Gasteiger partial charge in [0, 0.05) is 15.1 Å². The fourth-order valence-electron chi connectivity index (χ4n) is 1.75. The average Bonchev–Trinajstić information content (AvgIpc) is 2.71. The summed E-state index contributed by atoms with van der Waals surface area (Å²) in [5.41, 5.74) is 2.53. The van der Waals surface area contributed by atoms with Gasteiger partial charge < -0.3 is 4.52 Å². The van der Waals surface area contributed by atoms with Gasteiger partial charge in [0.15, 0.2) is 5.58 Å². The molecule has 0 aliphatic heterocycles. The number of rotatable bonds is 1. The smallest absolute Gasteiger partial charge is 0.167 e. The first-order valence-electron chi connectivity index (χ1n) is 5.05. The van der Waals surface area contributed by atoms with Crippen molar-refractivity contribution in [3.05, 3.63) is 52.0 Å². The van der Waals surface area contributed by atoms with Crippen LogP contribution in [-0.2, 0) is 0 Å². The van der Waals surface area contributed by atoms with Crippen LogP contribution in [0.5, 0.6) is 0 Å². The molecule has 0 radical (unpaired) electrons. The van der Waals surface area contributed by atoms with Crippen molar-refractivity contribution in [1.82, 2.24) is 5.16 Å². The Labute approximate surface area is 111 Å². The summed E-state index contributed by atoms with van der Waals surface area (Å²) in [6.07, 6.45) is 0. The molecule has 0 aliphatic rings. The molecule has 3 rings (SSSR count). The van der Waals surface area contributed by atoms with E-state index in [-0.39, 0.29) is 0 Å². The third-order valence-electron chi connectivity index (χ3n) is 2.53. The molecule has 0 aliphatic carbocycles. The van der Waals surface area contributed by atoms with Gasteiger partial charge in [-0.25, -0.2) is 0 Å². The van der Waals surface area contributed by atoms with Gasteiger partial charge in [-0.05, 0) is 30.3 Å². The lowest BCUT2D eigenvalue weighted by atomic mass is 10.1. The summed E-state index contributed by atoms with van der Waals surface area (Å²) in [4.78, 5) is 0. The highest BCUT2D eigenvalue weighted by Gasteiger charge is 2.10. The highest BCUT2D eigenvalue weighted by atomic mass is 79.9. The van der Waals surface area contributed by atoms with Crippen molar-refractivity contribution < 1.29 is 4.52 Å². The van der Waals surface area contributed by atoms with Crippen molar-refractivity contribution in [3.63, 3.8) is 0 Å². The zero-order chi connectivity index (χ0) is 11.8. The number of aromatic nitrogens is 1. The zero-order valence-corrected chi connectivity index (χ0v) is 11.0. The maximum atomic E-state index is 5.98. The molecule has 0 spiro atoms. The maximum absolute atomic E-state index is 5.98. The second-order valence-corrected chi connectivity index (χ2v) is 5.03. The summed E-state index contributed by atoms with van der Waals surface area (Å²) in [6, 6.07) is 13.4. The van der Waals surface area contributed by atoms with Gasteiger partial charge >= 0.3 is 0 Å². The molecule has 0 N–H and O–H groups in total. The molecule has 0 unspecified atom stereocenters. The van der Waals surface area contributed by atoms with Gasteiger partial charge in [-0.1, -0.05) is 44.8 Å². The molecule has 4 heteroatoms. The Balaban J connectivity index is 2.27. The highest BCUT2D eigenvalue weighted by molar-refractivity contribution is 9.10. The SMILES string of the molecule is Clc1cccc(-c2noc3ccc(Br)cc23)c1. The second-order valence-electron chi connectivity index (χ2n) is 3.68. The van der Waals surface area contributed by atoms with E-state index in [1.165, 1.54) is 0 Å². The van der Waals surface area contributed by atoms with Crippen molar-refractivity contribution in [1.29, 1.82) is 0 Å². The highest BCUT2D eigenvalue weighted by Crippen LogP contribution is 2.31. The van der Waals surface area contributed by atoms with Gasteiger partial charge in [-0.3, -0.25) is 0 Å². The number of fused-ring (bicyclic) bond motifs is 1. The lowest BCUT2D eigenvalue weighted by Gasteiger charge is -1.97. The van der Waals surface area contributed by atoms with Crippen molar-refractivity contribution in [3.8, 4) is 11.3 Å². The van der Waals surface area contributed by atoms with E-state index in [0.29, 0.717) is 5.02 Å². The van der Waals surface area contributed by atoms with Crippen LogP contribution in [0.4, 0.5) is 0 Å². The quantitative estimate of drug-likeness (QED) is 0.638. The summed E-state index contributed by atoms with van der Waals surface area (Å²) in [5, 5.41) is 5.76. The van der Waals surface area contributed by atoms with Crippen molar-refractivity contribution in [2.24, 2.45) is 0 Å². The first-order chi connectivity index (χ1) is 8.24. The minimum Gasteiger partial charge on any atom is -0.356 e. The molecule has 0 saturated carbocycles. The molecule has 1 aromatic heterocycles. The van der Waals surface area contributed by atoms with Gasteiger partial charge in [0.25, 0.3) is 0 Å². The molecule has 3 aromatic rings. The molecule has 0 amide bonds. The van der Waals surface area contributed by atoms with Gasteiger partial charge in [-0.2, -0.15) is 0 Å². The third-order valence-corrected chi connectivity index (χ3v) is 3.26. The van der Waals surface area contributed by atoms with Crippen molar-refractivity contribution in [2.75, 3.05) is 0 Å². The maximum Gasteiger partial charge on any atom is 0.167 e. The number of hydrogen-bond donors (Lipinski definition) is 0. The van der Waals surface area contributed by atoms with Crippen LogP contribution in [0, 0.1) is 0 Å². The molecule has 0 saturated heterocycles. The topological polar surface area (TPSA) is 26.0 Å². The van der Waals surface area contributed by atoms with Crippen LogP contribution in [0.15, 0.2) is 51.5 Å². The van der Waals surface area contributed by atoms with Gasteiger partial charge in [0.2, 0.25) is 0 Å². The van der Waals surface area contributed by atoms with Crippen LogP contribution in [-0.4, -0.2) is 5.16 Å². The fourth-order valence-corrected chi connectivity index (χ4v) is 2.31. The lowest BCUT2D eigenvalue weighted by Crippen LogP contribution is -1.78. The number of nitrogens with zero attached hydrogens (tertiary/aromatic N) is 1. The molecule has 0 bridgehead atoms. The van der Waals surface area contributed by atoms with E-state index in [4.69, 9.17) is 16.1 Å². The number of hydrogen-bond acceptors (Lipinski definition) is 2. The van der Waals surface area contributed by atoms with E-state index in [0.717, 1.165) is 26.7 Å². The van der Waals surface area contributed by atoms with E-state index in [1.54, 1.807) is 0 Å². The first kappa shape index (κ1) is 10.8. The normalized spacial score (nSPS) is 10.9. The average molecular weight is 309 g/mol.